The van der Waals surface area contributed by atoms with E-state index >= 15 is 0 Å². The molecule has 0 aliphatic carbocycles. The Hall–Kier alpha value is -3.72. The number of pyridine rings is 2. The van der Waals surface area contributed by atoms with Crippen LogP contribution in [0.25, 0.3) is 0 Å². The van der Waals surface area contributed by atoms with Gasteiger partial charge in [-0.3, -0.25) is 9.59 Å². The smallest absolute Gasteiger partial charge is 0.485 e. The number of aromatic nitrogens is 2. The second kappa shape index (κ2) is 21.6. The third kappa shape index (κ3) is 16.8. The lowest BCUT2D eigenvalue weighted by molar-refractivity contribution is -0.766. The number of methoxy groups -OCH3 is 1. The third-order valence-corrected chi connectivity index (χ3v) is 8.94. The quantitative estimate of drug-likeness (QED) is 0.0849. The van der Waals surface area contributed by atoms with Crippen LogP contribution >= 0.6 is 0 Å². The first-order valence-electron chi connectivity index (χ1n) is 17.0. The molecule has 5 heterocycles. The number of amides is 2. The number of fused-ring (bicyclic) bond motifs is 1. The lowest BCUT2D eigenvalue weighted by Gasteiger charge is -2.21. The molecular formula is C32H46F6N4O17S2. The number of nitrogens with zero attached hydrogens (tertiary/aromatic N) is 2. The Bertz CT molecular complexity index is 1940. The fourth-order valence-electron chi connectivity index (χ4n) is 4.77. The normalized spacial score (nSPS) is 25.8. The van der Waals surface area contributed by atoms with Crippen molar-refractivity contribution in [1.82, 2.24) is 0 Å². The number of carbonyl (C=O) groups excluding carboxylic acids is 2. The average Bonchev–Trinajstić information content (AvgIpc) is 3.73. The molecule has 0 aromatic carbocycles. The SMILES string of the molecule is CC1(C)OC2[C@@H](O1)[C@@H](CO)O[C@H]2[n+]1cccc(C(N)=O)c1.COC(C)(C)C.NC(=O)c1ccc[n+]([C@@H]2O[C@H](CO)[C@H](O)C2O)c1.O=S(=O)([O-])C(F)(F)F.O=S(=O)([O-])C(F)(F)F. The van der Waals surface area contributed by atoms with Crippen molar-refractivity contribution in [2.45, 2.75) is 106 Å². The molecule has 3 saturated heterocycles. The maximum absolute atomic E-state index is 11.3. The predicted molar refractivity (Wildman–Crippen MR) is 186 cm³/mol. The Kier molecular flexibility index (Phi) is 19.6. The summed E-state index contributed by atoms with van der Waals surface area (Å²) in [5.41, 5.74) is -0.165. The molecule has 3 aliphatic heterocycles. The van der Waals surface area contributed by atoms with Gasteiger partial charge in [0, 0.05) is 19.2 Å². The number of halogens is 6. The van der Waals surface area contributed by atoms with E-state index in [2.05, 4.69) is 0 Å². The van der Waals surface area contributed by atoms with Gasteiger partial charge in [-0.25, -0.2) is 16.8 Å². The molecule has 0 radical (unpaired) electrons. The molecule has 8 atom stereocenters. The number of nitrogens with two attached hydrogens (primary N) is 2. The molecule has 0 bridgehead atoms. The molecule has 350 valence electrons. The first kappa shape index (κ1) is 55.3. The Balaban J connectivity index is 0.000000418. The van der Waals surface area contributed by atoms with E-state index in [4.69, 9.17) is 66.2 Å². The summed E-state index contributed by atoms with van der Waals surface area (Å²) in [7, 11) is -10.5. The van der Waals surface area contributed by atoms with Gasteiger partial charge in [0.05, 0.1) is 18.8 Å². The molecule has 29 heteroatoms. The van der Waals surface area contributed by atoms with E-state index < -0.39 is 92.3 Å². The molecule has 8 N–H and O–H groups in total. The van der Waals surface area contributed by atoms with Crippen molar-refractivity contribution in [2.75, 3.05) is 20.3 Å². The second-order valence-electron chi connectivity index (χ2n) is 14.0. The maximum Gasteiger partial charge on any atom is 0.485 e. The van der Waals surface area contributed by atoms with Crippen LogP contribution in [0, 0.1) is 0 Å². The van der Waals surface area contributed by atoms with E-state index in [1.165, 1.54) is 16.8 Å². The minimum absolute atomic E-state index is 0.0417. The number of primary amides is 2. The minimum Gasteiger partial charge on any atom is -0.741 e. The molecule has 2 aromatic rings. The van der Waals surface area contributed by atoms with Crippen molar-refractivity contribution in [3.05, 3.63) is 60.2 Å². The van der Waals surface area contributed by atoms with Crippen LogP contribution in [-0.2, 0) is 43.9 Å². The Labute approximate surface area is 344 Å². The van der Waals surface area contributed by atoms with Gasteiger partial charge in [-0.05, 0) is 46.8 Å². The Morgan fingerprint density at radius 3 is 1.41 bits per heavy atom. The summed E-state index contributed by atoms with van der Waals surface area (Å²) in [5.74, 6) is -1.84. The van der Waals surface area contributed by atoms with E-state index in [1.807, 2.05) is 34.6 Å². The van der Waals surface area contributed by atoms with Crippen LogP contribution in [-0.4, -0.2) is 138 Å². The van der Waals surface area contributed by atoms with Crippen molar-refractivity contribution < 1.29 is 115 Å². The van der Waals surface area contributed by atoms with Gasteiger partial charge in [-0.15, -0.1) is 0 Å². The van der Waals surface area contributed by atoms with E-state index in [1.54, 1.807) is 48.5 Å². The topological polar surface area (TPSA) is 335 Å². The number of alkyl halides is 6. The van der Waals surface area contributed by atoms with E-state index in [0.29, 0.717) is 5.56 Å². The van der Waals surface area contributed by atoms with E-state index in [0.717, 1.165) is 0 Å². The van der Waals surface area contributed by atoms with Crippen LogP contribution in [0.5, 0.6) is 0 Å². The fraction of sp³-hybridized carbons (Fsp3) is 0.625. The van der Waals surface area contributed by atoms with Crippen molar-refractivity contribution in [2.24, 2.45) is 11.5 Å². The van der Waals surface area contributed by atoms with Crippen molar-refractivity contribution in [1.29, 1.82) is 0 Å². The summed E-state index contributed by atoms with van der Waals surface area (Å²) >= 11 is 0. The van der Waals surface area contributed by atoms with E-state index in [-0.39, 0.29) is 30.0 Å². The zero-order valence-electron chi connectivity index (χ0n) is 32.9. The van der Waals surface area contributed by atoms with Gasteiger partial charge in [0.15, 0.2) is 63.0 Å². The molecule has 61 heavy (non-hydrogen) atoms. The van der Waals surface area contributed by atoms with E-state index in [9.17, 15) is 51.3 Å². The van der Waals surface area contributed by atoms with Crippen molar-refractivity contribution in [3.63, 3.8) is 0 Å². The number of carbonyl (C=O) groups is 2. The zero-order valence-corrected chi connectivity index (χ0v) is 34.5. The van der Waals surface area contributed by atoms with Gasteiger partial charge < -0.3 is 64.7 Å². The summed E-state index contributed by atoms with van der Waals surface area (Å²) < 4.78 is 149. The highest BCUT2D eigenvalue weighted by atomic mass is 32.2. The van der Waals surface area contributed by atoms with Crippen LogP contribution in [0.3, 0.4) is 0 Å². The van der Waals surface area contributed by atoms with Crippen LogP contribution < -0.4 is 20.6 Å². The highest BCUT2D eigenvalue weighted by Crippen LogP contribution is 2.41. The molecule has 2 aromatic heterocycles. The Morgan fingerprint density at radius 1 is 0.754 bits per heavy atom. The maximum atomic E-state index is 11.3. The first-order chi connectivity index (χ1) is 27.5. The number of aliphatic hydroxyl groups excluding tert-OH is 4. The van der Waals surface area contributed by atoms with Crippen molar-refractivity contribution >= 4 is 32.1 Å². The molecule has 0 saturated carbocycles. The summed E-state index contributed by atoms with van der Waals surface area (Å²) in [6.07, 6.45) is 0.646. The highest BCUT2D eigenvalue weighted by Gasteiger charge is 2.59. The first-order valence-corrected chi connectivity index (χ1v) is 19.8. The molecule has 21 nitrogen and oxygen atoms in total. The number of hydrogen-bond acceptors (Lipinski definition) is 17. The largest absolute Gasteiger partial charge is 0.741 e. The number of rotatable bonds is 6. The van der Waals surface area contributed by atoms with Crippen LogP contribution in [0.4, 0.5) is 26.3 Å². The minimum atomic E-state index is -6.09. The average molecular weight is 937 g/mol. The Morgan fingerprint density at radius 2 is 1.10 bits per heavy atom. The standard InChI is InChI=1S/C14H18N2O5.C11H14N2O5.C5H12O.2CHF3O3S/c1-14(2)20-10-9(7-17)19-13(11(10)21-14)16-5-3-4-8(6-16)12(15)18;12-10(17)6-2-1-3-13(4-6)11-9(16)8(15)7(5-14)18-11;1-5(2,3)6-4;2*2-1(3,4)8(5,6)7/h3-6,9-11,13,17H,7H2,1-2H3,(H-,15,18);1-4,7-9,11,14-16H,5H2,(H-,12,17);1-4H3;2*(H,5,6,7)/t9-,10+,11?,13-;7-,8+,9?,11-;;;/m11.../s1. The molecule has 3 aliphatic rings. The molecule has 2 amide bonds. The third-order valence-electron chi connectivity index (χ3n) is 7.80. The molecule has 3 fully saturated rings. The second-order valence-corrected chi connectivity index (χ2v) is 16.7. The van der Waals surface area contributed by atoms with Gasteiger partial charge in [0.25, 0.3) is 24.3 Å². The highest BCUT2D eigenvalue weighted by molar-refractivity contribution is 7.86. The summed E-state index contributed by atoms with van der Waals surface area (Å²) in [6, 6.07) is 6.45. The zero-order chi connectivity index (χ0) is 47.7. The molecular weight excluding hydrogens is 890 g/mol. The fourth-order valence-corrected chi connectivity index (χ4v) is 4.77. The van der Waals surface area contributed by atoms with Gasteiger partial charge >= 0.3 is 11.0 Å². The number of ether oxygens (including phenoxy) is 5. The van der Waals surface area contributed by atoms with Gasteiger partial charge in [-0.1, -0.05) is 0 Å². The predicted octanol–water partition coefficient (Wildman–Crippen LogP) is -1.30. The monoisotopic (exact) mass is 936 g/mol. The lowest BCUT2D eigenvalue weighted by Crippen LogP contribution is -2.46. The van der Waals surface area contributed by atoms with Crippen LogP contribution in [0.15, 0.2) is 49.1 Å². The summed E-state index contributed by atoms with van der Waals surface area (Å²) in [5, 5.41) is 37.9. The van der Waals surface area contributed by atoms with Crippen LogP contribution in [0.1, 0.15) is 67.8 Å². The number of aliphatic hydroxyl groups is 4. The number of hydrogen-bond donors (Lipinski definition) is 6. The molecule has 5 rings (SSSR count). The van der Waals surface area contributed by atoms with Gasteiger partial charge in [0.1, 0.15) is 35.5 Å². The molecule has 0 spiro atoms. The van der Waals surface area contributed by atoms with Gasteiger partial charge in [-0.2, -0.15) is 35.5 Å². The lowest BCUT2D eigenvalue weighted by atomic mass is 10.1. The summed E-state index contributed by atoms with van der Waals surface area (Å²) in [4.78, 5) is 22.3. The van der Waals surface area contributed by atoms with Crippen LogP contribution in [0.2, 0.25) is 0 Å². The van der Waals surface area contributed by atoms with Crippen molar-refractivity contribution in [3.8, 4) is 0 Å². The summed E-state index contributed by atoms with van der Waals surface area (Å²) in [6.45, 7) is 9.15. The van der Waals surface area contributed by atoms with Gasteiger partial charge in [0.2, 0.25) is 0 Å². The molecule has 2 unspecified atom stereocenters.